The molecular weight excluding hydrogens is 184 g/mol. The highest BCUT2D eigenvalue weighted by Gasteiger charge is 2.21. The van der Waals surface area contributed by atoms with Crippen LogP contribution < -0.4 is 4.74 Å². The molecule has 70 valence electrons. The van der Waals surface area contributed by atoms with Gasteiger partial charge >= 0.3 is 0 Å². The van der Waals surface area contributed by atoms with E-state index in [1.165, 1.54) is 17.5 Å². The Kier molecular flexibility index (Phi) is 2.45. The largest absolute Gasteiger partial charge is 0.497 e. The van der Waals surface area contributed by atoms with Gasteiger partial charge in [0.2, 0.25) is 0 Å². The van der Waals surface area contributed by atoms with Crippen molar-refractivity contribution in [2.24, 2.45) is 0 Å². The summed E-state index contributed by atoms with van der Waals surface area (Å²) < 4.78 is 5.19. The van der Waals surface area contributed by atoms with E-state index in [-0.39, 0.29) is 0 Å². The van der Waals surface area contributed by atoms with E-state index >= 15 is 0 Å². The molecule has 0 N–H and O–H groups in total. The van der Waals surface area contributed by atoms with Crippen LogP contribution in [-0.2, 0) is 6.42 Å². The van der Waals surface area contributed by atoms with Crippen molar-refractivity contribution in [3.63, 3.8) is 0 Å². The lowest BCUT2D eigenvalue weighted by atomic mass is 10.0. The molecule has 13 heavy (non-hydrogen) atoms. The molecule has 0 heterocycles. The van der Waals surface area contributed by atoms with Crippen molar-refractivity contribution in [2.75, 3.05) is 13.0 Å². The maximum absolute atomic E-state index is 5.89. The van der Waals surface area contributed by atoms with Gasteiger partial charge in [-0.05, 0) is 42.0 Å². The third kappa shape index (κ3) is 1.53. The Balaban J connectivity index is 2.37. The molecule has 1 atom stereocenters. The maximum Gasteiger partial charge on any atom is 0.119 e. The topological polar surface area (TPSA) is 9.23 Å². The molecular formula is C11H13ClO. The van der Waals surface area contributed by atoms with Crippen molar-refractivity contribution in [3.05, 3.63) is 29.3 Å². The third-order valence-corrected chi connectivity index (χ3v) is 3.11. The van der Waals surface area contributed by atoms with E-state index in [0.717, 1.165) is 18.1 Å². The summed E-state index contributed by atoms with van der Waals surface area (Å²) in [5.41, 5.74) is 2.82. The number of methoxy groups -OCH3 is 1. The number of alkyl halides is 1. The molecule has 0 spiro atoms. The molecule has 0 aliphatic heterocycles. The number of halogens is 1. The number of ether oxygens (including phenoxy) is 1. The van der Waals surface area contributed by atoms with Gasteiger partial charge in [0.25, 0.3) is 0 Å². The smallest absolute Gasteiger partial charge is 0.119 e. The average Bonchev–Trinajstić information content (AvgIpc) is 2.59. The zero-order valence-corrected chi connectivity index (χ0v) is 8.47. The van der Waals surface area contributed by atoms with Crippen LogP contribution in [0.25, 0.3) is 0 Å². The van der Waals surface area contributed by atoms with Gasteiger partial charge in [-0.2, -0.15) is 0 Å². The first-order chi connectivity index (χ1) is 6.35. The number of hydrogen-bond donors (Lipinski definition) is 0. The van der Waals surface area contributed by atoms with Crippen LogP contribution in [0.3, 0.4) is 0 Å². The lowest BCUT2D eigenvalue weighted by molar-refractivity contribution is 0.414. The molecule has 0 aromatic heterocycles. The summed E-state index contributed by atoms with van der Waals surface area (Å²) in [7, 11) is 1.70. The highest BCUT2D eigenvalue weighted by molar-refractivity contribution is 6.18. The Morgan fingerprint density at radius 2 is 2.38 bits per heavy atom. The van der Waals surface area contributed by atoms with Crippen molar-refractivity contribution in [3.8, 4) is 5.75 Å². The van der Waals surface area contributed by atoms with Gasteiger partial charge in [0.15, 0.2) is 0 Å². The molecule has 0 saturated heterocycles. The molecule has 1 nitrogen and oxygen atoms in total. The first-order valence-electron chi connectivity index (χ1n) is 4.58. The van der Waals surface area contributed by atoms with Gasteiger partial charge in [-0.15, -0.1) is 11.6 Å². The number of fused-ring (bicyclic) bond motifs is 1. The van der Waals surface area contributed by atoms with Crippen molar-refractivity contribution in [1.29, 1.82) is 0 Å². The molecule has 1 aromatic carbocycles. The van der Waals surface area contributed by atoms with Crippen LogP contribution in [0.4, 0.5) is 0 Å². The number of benzene rings is 1. The predicted octanol–water partition coefficient (Wildman–Crippen LogP) is 2.96. The predicted molar refractivity (Wildman–Crippen MR) is 54.8 cm³/mol. The molecule has 1 aliphatic rings. The number of aryl methyl sites for hydroxylation is 1. The second-order valence-electron chi connectivity index (χ2n) is 3.45. The van der Waals surface area contributed by atoms with Crippen molar-refractivity contribution in [1.82, 2.24) is 0 Å². The first-order valence-corrected chi connectivity index (χ1v) is 5.11. The van der Waals surface area contributed by atoms with Gasteiger partial charge in [-0.1, -0.05) is 6.07 Å². The Morgan fingerprint density at radius 1 is 1.54 bits per heavy atom. The summed E-state index contributed by atoms with van der Waals surface area (Å²) in [5.74, 6) is 2.20. The summed E-state index contributed by atoms with van der Waals surface area (Å²) in [6, 6.07) is 6.30. The van der Waals surface area contributed by atoms with E-state index < -0.39 is 0 Å². The fourth-order valence-electron chi connectivity index (χ4n) is 1.95. The zero-order valence-electron chi connectivity index (χ0n) is 7.72. The molecule has 1 unspecified atom stereocenters. The summed E-state index contributed by atoms with van der Waals surface area (Å²) >= 11 is 5.89. The molecule has 0 radical (unpaired) electrons. The molecule has 2 heteroatoms. The minimum Gasteiger partial charge on any atom is -0.497 e. The summed E-state index contributed by atoms with van der Waals surface area (Å²) in [4.78, 5) is 0. The molecule has 0 saturated carbocycles. The summed E-state index contributed by atoms with van der Waals surface area (Å²) in [5, 5.41) is 0. The fourth-order valence-corrected chi connectivity index (χ4v) is 2.27. The van der Waals surface area contributed by atoms with Gasteiger partial charge in [-0.25, -0.2) is 0 Å². The van der Waals surface area contributed by atoms with Gasteiger partial charge in [0, 0.05) is 5.88 Å². The second-order valence-corrected chi connectivity index (χ2v) is 3.76. The van der Waals surface area contributed by atoms with Gasteiger partial charge in [0.1, 0.15) is 5.75 Å². The van der Waals surface area contributed by atoms with Crippen molar-refractivity contribution >= 4 is 11.6 Å². The quantitative estimate of drug-likeness (QED) is 0.661. The van der Waals surface area contributed by atoms with E-state index in [4.69, 9.17) is 16.3 Å². The molecule has 0 fully saturated rings. The van der Waals surface area contributed by atoms with Crippen molar-refractivity contribution < 1.29 is 4.74 Å². The Morgan fingerprint density at radius 3 is 3.08 bits per heavy atom. The van der Waals surface area contributed by atoms with Crippen LogP contribution in [0.2, 0.25) is 0 Å². The summed E-state index contributed by atoms with van der Waals surface area (Å²) in [6.45, 7) is 0. The second kappa shape index (κ2) is 3.59. The van der Waals surface area contributed by atoms with Crippen LogP contribution in [0.15, 0.2) is 18.2 Å². The highest BCUT2D eigenvalue weighted by Crippen LogP contribution is 2.35. The highest BCUT2D eigenvalue weighted by atomic mass is 35.5. The van der Waals surface area contributed by atoms with E-state index in [1.807, 2.05) is 6.07 Å². The van der Waals surface area contributed by atoms with E-state index in [2.05, 4.69) is 12.1 Å². The molecule has 1 aliphatic carbocycles. The van der Waals surface area contributed by atoms with Crippen LogP contribution in [0.1, 0.15) is 23.5 Å². The Labute approximate surface area is 83.7 Å². The van der Waals surface area contributed by atoms with Gasteiger partial charge in [-0.3, -0.25) is 0 Å². The number of hydrogen-bond acceptors (Lipinski definition) is 1. The summed E-state index contributed by atoms with van der Waals surface area (Å²) in [6.07, 6.45) is 2.35. The van der Waals surface area contributed by atoms with Crippen LogP contribution >= 0.6 is 11.6 Å². The normalized spacial score (nSPS) is 20.0. The fraction of sp³-hybridized carbons (Fsp3) is 0.455. The third-order valence-electron chi connectivity index (χ3n) is 2.74. The van der Waals surface area contributed by atoms with E-state index in [0.29, 0.717) is 5.92 Å². The SMILES string of the molecule is COc1ccc2c(c1)C(CCl)CC2. The lowest BCUT2D eigenvalue weighted by Crippen LogP contribution is -1.95. The molecule has 2 rings (SSSR count). The van der Waals surface area contributed by atoms with E-state index in [1.54, 1.807) is 7.11 Å². The van der Waals surface area contributed by atoms with Crippen LogP contribution in [-0.4, -0.2) is 13.0 Å². The monoisotopic (exact) mass is 196 g/mol. The van der Waals surface area contributed by atoms with Gasteiger partial charge in [0.05, 0.1) is 7.11 Å². The van der Waals surface area contributed by atoms with Crippen LogP contribution in [0, 0.1) is 0 Å². The Hall–Kier alpha value is -0.690. The first kappa shape index (κ1) is 8.89. The van der Waals surface area contributed by atoms with Gasteiger partial charge < -0.3 is 4.74 Å². The molecule has 0 amide bonds. The Bertz CT molecular complexity index is 309. The minimum absolute atomic E-state index is 0.534. The molecule has 1 aromatic rings. The average molecular weight is 197 g/mol. The maximum atomic E-state index is 5.89. The molecule has 0 bridgehead atoms. The minimum atomic E-state index is 0.534. The van der Waals surface area contributed by atoms with Crippen LogP contribution in [0.5, 0.6) is 5.75 Å². The van der Waals surface area contributed by atoms with E-state index in [9.17, 15) is 0 Å². The lowest BCUT2D eigenvalue weighted by Gasteiger charge is -2.08. The standard InChI is InChI=1S/C11H13ClO/c1-13-10-5-4-8-2-3-9(7-12)11(8)6-10/h4-6,9H,2-3,7H2,1H3. The van der Waals surface area contributed by atoms with Crippen molar-refractivity contribution in [2.45, 2.75) is 18.8 Å². The number of rotatable bonds is 2. The zero-order chi connectivity index (χ0) is 9.26.